The summed E-state index contributed by atoms with van der Waals surface area (Å²) in [6, 6.07) is 0. The van der Waals surface area contributed by atoms with Gasteiger partial charge in [-0.1, -0.05) is 12.5 Å². The highest BCUT2D eigenvalue weighted by Gasteiger charge is 2.60. The van der Waals surface area contributed by atoms with Gasteiger partial charge in [0.1, 0.15) is 5.72 Å². The highest BCUT2D eigenvalue weighted by atomic mass is 16.3. The molecule has 0 aliphatic heterocycles. The molecule has 4 aliphatic rings. The predicted molar refractivity (Wildman–Crippen MR) is 81.2 cm³/mol. The van der Waals surface area contributed by atoms with E-state index in [1.165, 1.54) is 18.4 Å². The molecular formula is C18H27NO2. The fraction of sp³-hybridized carbons (Fsp3) is 0.833. The Morgan fingerprint density at radius 3 is 2.76 bits per heavy atom. The van der Waals surface area contributed by atoms with E-state index in [0.29, 0.717) is 23.5 Å². The largest absolute Gasteiger partial charge is 0.376 e. The van der Waals surface area contributed by atoms with E-state index in [2.05, 4.69) is 6.92 Å². The molecule has 3 heteroatoms. The fourth-order valence-electron chi connectivity index (χ4n) is 6.23. The lowest BCUT2D eigenvalue weighted by atomic mass is 9.51. The molecule has 21 heavy (non-hydrogen) atoms. The first kappa shape index (κ1) is 14.0. The Kier molecular flexibility index (Phi) is 2.94. The molecule has 0 spiro atoms. The van der Waals surface area contributed by atoms with Crippen molar-refractivity contribution >= 4 is 5.78 Å². The van der Waals surface area contributed by atoms with E-state index in [1.54, 1.807) is 0 Å². The minimum absolute atomic E-state index is 0.0974. The Balaban J connectivity index is 1.64. The Labute approximate surface area is 127 Å². The predicted octanol–water partition coefficient (Wildman–Crippen LogP) is 2.78. The van der Waals surface area contributed by atoms with E-state index in [0.717, 1.165) is 44.4 Å². The lowest BCUT2D eigenvalue weighted by molar-refractivity contribution is -0.119. The number of hydrogen-bond acceptors (Lipinski definition) is 3. The van der Waals surface area contributed by atoms with Crippen molar-refractivity contribution in [2.45, 2.75) is 64.0 Å². The van der Waals surface area contributed by atoms with Crippen LogP contribution in [-0.4, -0.2) is 16.6 Å². The first-order chi connectivity index (χ1) is 9.92. The zero-order valence-electron chi connectivity index (χ0n) is 13.0. The van der Waals surface area contributed by atoms with Crippen LogP contribution in [0.15, 0.2) is 11.6 Å². The van der Waals surface area contributed by atoms with Crippen LogP contribution in [0.3, 0.4) is 0 Å². The zero-order valence-corrected chi connectivity index (χ0v) is 13.0. The van der Waals surface area contributed by atoms with Gasteiger partial charge in [0.2, 0.25) is 0 Å². The van der Waals surface area contributed by atoms with Gasteiger partial charge in [-0.15, -0.1) is 0 Å². The summed E-state index contributed by atoms with van der Waals surface area (Å²) in [6.45, 7) is 2.22. The smallest absolute Gasteiger partial charge is 0.155 e. The second-order valence-electron chi connectivity index (χ2n) is 8.22. The van der Waals surface area contributed by atoms with E-state index >= 15 is 0 Å². The summed E-state index contributed by atoms with van der Waals surface area (Å²) in [5.74, 6) is 2.97. The van der Waals surface area contributed by atoms with Crippen LogP contribution in [0.2, 0.25) is 0 Å². The molecule has 116 valence electrons. The van der Waals surface area contributed by atoms with E-state index in [9.17, 15) is 9.90 Å². The quantitative estimate of drug-likeness (QED) is 0.674. The molecule has 3 nitrogen and oxygen atoms in total. The highest BCUT2D eigenvalue weighted by Crippen LogP contribution is 2.63. The van der Waals surface area contributed by atoms with Gasteiger partial charge in [0, 0.05) is 11.8 Å². The Hall–Kier alpha value is -0.670. The van der Waals surface area contributed by atoms with Crippen molar-refractivity contribution < 1.29 is 9.90 Å². The summed E-state index contributed by atoms with van der Waals surface area (Å²) in [5.41, 5.74) is 6.60. The van der Waals surface area contributed by atoms with Crippen molar-refractivity contribution in [1.29, 1.82) is 0 Å². The van der Waals surface area contributed by atoms with Crippen LogP contribution in [0.5, 0.6) is 0 Å². The average Bonchev–Trinajstić information content (AvgIpc) is 2.69. The number of hydrogen-bond donors (Lipinski definition) is 2. The third kappa shape index (κ3) is 1.83. The van der Waals surface area contributed by atoms with Crippen molar-refractivity contribution in [3.63, 3.8) is 0 Å². The van der Waals surface area contributed by atoms with E-state index in [1.807, 2.05) is 6.08 Å². The first-order valence-electron chi connectivity index (χ1n) is 8.67. The molecule has 6 atom stereocenters. The van der Waals surface area contributed by atoms with Crippen molar-refractivity contribution in [2.75, 3.05) is 0 Å². The maximum atomic E-state index is 11.7. The summed E-state index contributed by atoms with van der Waals surface area (Å²) in [5, 5.41) is 10.6. The number of carbonyl (C=O) groups excluding carboxylic acids is 1. The minimum atomic E-state index is -0.971. The summed E-state index contributed by atoms with van der Waals surface area (Å²) < 4.78 is 0. The lowest BCUT2D eigenvalue weighted by Crippen LogP contribution is -2.57. The van der Waals surface area contributed by atoms with E-state index < -0.39 is 5.72 Å². The van der Waals surface area contributed by atoms with Crippen LogP contribution in [0.4, 0.5) is 0 Å². The number of fused-ring (bicyclic) bond motifs is 5. The number of nitrogens with two attached hydrogens (primary N) is 1. The Morgan fingerprint density at radius 2 is 1.95 bits per heavy atom. The number of carbonyl (C=O) groups is 1. The van der Waals surface area contributed by atoms with Crippen LogP contribution in [0, 0.1) is 29.1 Å². The first-order valence-corrected chi connectivity index (χ1v) is 8.67. The molecule has 3 fully saturated rings. The molecule has 0 heterocycles. The third-order valence-electron chi connectivity index (χ3n) is 7.52. The van der Waals surface area contributed by atoms with E-state index in [4.69, 9.17) is 5.73 Å². The van der Waals surface area contributed by atoms with Crippen molar-refractivity contribution in [3.05, 3.63) is 11.6 Å². The van der Waals surface area contributed by atoms with Gasteiger partial charge in [0.25, 0.3) is 0 Å². The molecule has 0 aromatic carbocycles. The molecule has 4 aliphatic carbocycles. The molecule has 0 aromatic heterocycles. The molecule has 0 radical (unpaired) electrons. The van der Waals surface area contributed by atoms with Gasteiger partial charge in [0.05, 0.1) is 0 Å². The maximum absolute atomic E-state index is 11.7. The number of aliphatic hydroxyl groups is 1. The van der Waals surface area contributed by atoms with Gasteiger partial charge in [0.15, 0.2) is 5.78 Å². The molecule has 0 aromatic rings. The number of rotatable bonds is 0. The normalized spacial score (nSPS) is 52.7. The number of allylic oxidation sites excluding steroid dienone is 1. The molecule has 0 unspecified atom stereocenters. The maximum Gasteiger partial charge on any atom is 0.155 e. The topological polar surface area (TPSA) is 63.3 Å². The Morgan fingerprint density at radius 1 is 1.14 bits per heavy atom. The SMILES string of the molecule is C[C@]12CC[C@H]3[C@@H](CCC4=CC(=O)CC[C@@H]43)[C@@H]1CC[C@]2(N)O. The zero-order chi connectivity index (χ0) is 14.8. The van der Waals surface area contributed by atoms with Gasteiger partial charge in [-0.3, -0.25) is 4.79 Å². The second kappa shape index (κ2) is 4.42. The van der Waals surface area contributed by atoms with Crippen molar-refractivity contribution in [1.82, 2.24) is 0 Å². The average molecular weight is 289 g/mol. The standard InChI is InChI=1S/C18H27NO2/c1-17-8-6-14-13-5-3-12(20)10-11(13)2-4-15(14)16(17)7-9-18(17,19)21/h10,13-16,21H,2-9,19H2,1H3/t13-,14+,15+,16-,17-,18-/m0/s1. The van der Waals surface area contributed by atoms with Gasteiger partial charge in [-0.05, 0) is 74.7 Å². The van der Waals surface area contributed by atoms with Crippen LogP contribution in [-0.2, 0) is 4.79 Å². The van der Waals surface area contributed by atoms with Crippen molar-refractivity contribution in [2.24, 2.45) is 34.8 Å². The monoisotopic (exact) mass is 289 g/mol. The van der Waals surface area contributed by atoms with Gasteiger partial charge in [-0.2, -0.15) is 0 Å². The molecule has 3 saturated carbocycles. The van der Waals surface area contributed by atoms with Gasteiger partial charge < -0.3 is 10.8 Å². The molecule has 0 amide bonds. The minimum Gasteiger partial charge on any atom is -0.376 e. The van der Waals surface area contributed by atoms with E-state index in [-0.39, 0.29) is 5.41 Å². The molecule has 4 rings (SSSR count). The molecular weight excluding hydrogens is 262 g/mol. The van der Waals surface area contributed by atoms with Crippen LogP contribution in [0.25, 0.3) is 0 Å². The third-order valence-corrected chi connectivity index (χ3v) is 7.52. The van der Waals surface area contributed by atoms with Gasteiger partial charge in [-0.25, -0.2) is 0 Å². The summed E-state index contributed by atoms with van der Waals surface area (Å²) in [4.78, 5) is 11.7. The summed E-state index contributed by atoms with van der Waals surface area (Å²) >= 11 is 0. The van der Waals surface area contributed by atoms with Crippen LogP contribution >= 0.6 is 0 Å². The van der Waals surface area contributed by atoms with Crippen LogP contribution < -0.4 is 5.73 Å². The lowest BCUT2D eigenvalue weighted by Gasteiger charge is -2.54. The number of ketones is 1. The molecule has 3 N–H and O–H groups in total. The highest BCUT2D eigenvalue weighted by molar-refractivity contribution is 5.91. The van der Waals surface area contributed by atoms with Crippen molar-refractivity contribution in [3.8, 4) is 0 Å². The summed E-state index contributed by atoms with van der Waals surface area (Å²) in [7, 11) is 0. The van der Waals surface area contributed by atoms with Crippen LogP contribution in [0.1, 0.15) is 58.3 Å². The second-order valence-corrected chi connectivity index (χ2v) is 8.22. The summed E-state index contributed by atoms with van der Waals surface area (Å²) in [6.07, 6.45) is 10.1. The fourth-order valence-corrected chi connectivity index (χ4v) is 6.23. The molecule has 0 bridgehead atoms. The Bertz CT molecular complexity index is 509. The van der Waals surface area contributed by atoms with Gasteiger partial charge >= 0.3 is 0 Å². The molecule has 0 saturated heterocycles.